The lowest BCUT2D eigenvalue weighted by molar-refractivity contribution is -0.141. The zero-order valence-corrected chi connectivity index (χ0v) is 21.8. The fourth-order valence-electron chi connectivity index (χ4n) is 5.70. The molecule has 2 saturated heterocycles. The Hall–Kier alpha value is -2.97. The molecule has 2 amide bonds. The van der Waals surface area contributed by atoms with E-state index in [4.69, 9.17) is 11.6 Å². The van der Waals surface area contributed by atoms with Crippen molar-refractivity contribution in [2.75, 3.05) is 44.7 Å². The summed E-state index contributed by atoms with van der Waals surface area (Å²) in [6.45, 7) is 3.08. The number of ketones is 1. The number of halogens is 2. The number of carbonyl (C=O) groups excluding carboxylic acids is 3. The molecule has 3 aliphatic rings. The summed E-state index contributed by atoms with van der Waals surface area (Å²) in [6.07, 6.45) is 4.56. The first-order valence-corrected chi connectivity index (χ1v) is 13.4. The summed E-state index contributed by atoms with van der Waals surface area (Å²) in [5.41, 5.74) is 5.64. The van der Waals surface area contributed by atoms with Crippen molar-refractivity contribution in [2.24, 2.45) is 5.92 Å². The Bertz CT molecular complexity index is 1190. The zero-order valence-electron chi connectivity index (χ0n) is 21.0. The summed E-state index contributed by atoms with van der Waals surface area (Å²) in [4.78, 5) is 42.9. The lowest BCUT2D eigenvalue weighted by Gasteiger charge is -2.32. The number of nitrogens with zero attached hydrogens (tertiary/aromatic N) is 3. The number of amides is 2. The number of carbonyl (C=O) groups is 3. The summed E-state index contributed by atoms with van der Waals surface area (Å²) in [6, 6.07) is 10.0. The van der Waals surface area contributed by atoms with Gasteiger partial charge in [0.15, 0.2) is 0 Å². The Morgan fingerprint density at radius 3 is 2.38 bits per heavy atom. The molecule has 1 N–H and O–H groups in total. The van der Waals surface area contributed by atoms with Crippen molar-refractivity contribution in [1.82, 2.24) is 15.3 Å². The SMILES string of the molecule is CN1CC(C(=O)C(=O)NN2CCCC2)c2cc(C(=O)N3CCC(Cc4ccc(F)cc4)CC3)c(Cl)cc21. The first-order chi connectivity index (χ1) is 17.8. The van der Waals surface area contributed by atoms with Crippen LogP contribution in [0.2, 0.25) is 5.02 Å². The number of hydrogen-bond acceptors (Lipinski definition) is 5. The zero-order chi connectivity index (χ0) is 26.1. The lowest BCUT2D eigenvalue weighted by atomic mass is 9.89. The molecule has 3 heterocycles. The quantitative estimate of drug-likeness (QED) is 0.580. The van der Waals surface area contributed by atoms with Crippen molar-refractivity contribution in [3.8, 4) is 0 Å². The number of rotatable bonds is 6. The third kappa shape index (κ3) is 5.50. The second-order valence-corrected chi connectivity index (χ2v) is 10.8. The van der Waals surface area contributed by atoms with E-state index in [2.05, 4.69) is 5.43 Å². The van der Waals surface area contributed by atoms with Gasteiger partial charge in [-0.3, -0.25) is 19.8 Å². The highest BCUT2D eigenvalue weighted by atomic mass is 35.5. The van der Waals surface area contributed by atoms with Crippen molar-refractivity contribution in [2.45, 2.75) is 38.0 Å². The fourth-order valence-corrected chi connectivity index (χ4v) is 5.94. The number of hydrazine groups is 1. The molecule has 196 valence electrons. The number of hydrogen-bond donors (Lipinski definition) is 1. The van der Waals surface area contributed by atoms with Crippen LogP contribution in [0.4, 0.5) is 10.1 Å². The molecule has 2 fully saturated rings. The highest BCUT2D eigenvalue weighted by Crippen LogP contribution is 2.40. The van der Waals surface area contributed by atoms with Crippen LogP contribution in [-0.4, -0.2) is 67.3 Å². The van der Waals surface area contributed by atoms with Crippen molar-refractivity contribution >= 4 is 34.9 Å². The normalized spacial score (nSPS) is 20.2. The molecular formula is C28H32ClFN4O3. The molecule has 0 radical (unpaired) electrons. The maximum atomic E-state index is 13.5. The average molecular weight is 527 g/mol. The lowest BCUT2D eigenvalue weighted by Crippen LogP contribution is -2.45. The van der Waals surface area contributed by atoms with Crippen molar-refractivity contribution in [1.29, 1.82) is 0 Å². The maximum absolute atomic E-state index is 13.5. The molecule has 2 aromatic carbocycles. The number of likely N-dealkylation sites (N-methyl/N-ethyl adjacent to an activating group) is 1. The molecule has 0 spiro atoms. The highest BCUT2D eigenvalue weighted by Gasteiger charge is 2.38. The largest absolute Gasteiger partial charge is 0.373 e. The Kier molecular flexibility index (Phi) is 7.49. The summed E-state index contributed by atoms with van der Waals surface area (Å²) in [7, 11) is 1.86. The number of anilines is 1. The van der Waals surface area contributed by atoms with Crippen LogP contribution in [0.1, 0.15) is 53.1 Å². The smallest absolute Gasteiger partial charge is 0.302 e. The minimum Gasteiger partial charge on any atom is -0.373 e. The van der Waals surface area contributed by atoms with Gasteiger partial charge in [0.25, 0.3) is 5.91 Å². The Balaban J connectivity index is 1.26. The van der Waals surface area contributed by atoms with Crippen LogP contribution >= 0.6 is 11.6 Å². The molecule has 7 nitrogen and oxygen atoms in total. The molecule has 0 bridgehead atoms. The van der Waals surface area contributed by atoms with E-state index in [0.717, 1.165) is 56.4 Å². The maximum Gasteiger partial charge on any atom is 0.302 e. The van der Waals surface area contributed by atoms with Gasteiger partial charge in [-0.05, 0) is 73.4 Å². The van der Waals surface area contributed by atoms with E-state index < -0.39 is 17.6 Å². The third-order valence-corrected chi connectivity index (χ3v) is 8.15. The second-order valence-electron chi connectivity index (χ2n) is 10.4. The van der Waals surface area contributed by atoms with Crippen molar-refractivity contribution in [3.05, 3.63) is 63.9 Å². The van der Waals surface area contributed by atoms with E-state index in [1.165, 1.54) is 12.1 Å². The first-order valence-electron chi connectivity index (χ1n) is 13.0. The average Bonchev–Trinajstić information content (AvgIpc) is 3.52. The summed E-state index contributed by atoms with van der Waals surface area (Å²) in [5, 5.41) is 2.13. The summed E-state index contributed by atoms with van der Waals surface area (Å²) >= 11 is 6.56. The van der Waals surface area contributed by atoms with E-state index >= 15 is 0 Å². The van der Waals surface area contributed by atoms with Gasteiger partial charge >= 0.3 is 5.91 Å². The van der Waals surface area contributed by atoms with Gasteiger partial charge in [0.1, 0.15) is 5.82 Å². The van der Waals surface area contributed by atoms with Gasteiger partial charge in [-0.2, -0.15) is 0 Å². The number of piperidine rings is 1. The first kappa shape index (κ1) is 25.7. The molecule has 0 aliphatic carbocycles. The number of fused-ring (bicyclic) bond motifs is 1. The molecule has 5 rings (SSSR count). The van der Waals surface area contributed by atoms with E-state index in [1.54, 1.807) is 17.1 Å². The molecule has 9 heteroatoms. The van der Waals surface area contributed by atoms with Gasteiger partial charge in [-0.15, -0.1) is 0 Å². The number of Topliss-reactive ketones (excluding diaryl/α,β-unsaturated/α-hetero) is 1. The molecule has 2 aromatic rings. The molecule has 0 saturated carbocycles. The summed E-state index contributed by atoms with van der Waals surface area (Å²) < 4.78 is 13.2. The van der Waals surface area contributed by atoms with Crippen LogP contribution in [0.15, 0.2) is 36.4 Å². The molecular weight excluding hydrogens is 495 g/mol. The van der Waals surface area contributed by atoms with E-state index in [-0.39, 0.29) is 11.7 Å². The molecule has 1 atom stereocenters. The van der Waals surface area contributed by atoms with Crippen LogP contribution in [0.3, 0.4) is 0 Å². The molecule has 3 aliphatic heterocycles. The second kappa shape index (κ2) is 10.8. The standard InChI is InChI=1S/C28H32ClFN4O3/c1-32-17-23(26(35)27(36)31-34-10-2-3-11-34)21-15-22(24(29)16-25(21)32)28(37)33-12-8-19(9-13-33)14-18-4-6-20(30)7-5-18/h4-7,15-16,19,23H,2-3,8-14,17H2,1H3,(H,31,36). The molecule has 1 unspecified atom stereocenters. The van der Waals surface area contributed by atoms with Gasteiger partial charge < -0.3 is 9.80 Å². The number of likely N-dealkylation sites (tertiary alicyclic amines) is 1. The van der Waals surface area contributed by atoms with E-state index in [9.17, 15) is 18.8 Å². The predicted molar refractivity (Wildman–Crippen MR) is 140 cm³/mol. The van der Waals surface area contributed by atoms with E-state index in [0.29, 0.717) is 41.7 Å². The molecule has 37 heavy (non-hydrogen) atoms. The van der Waals surface area contributed by atoms with Crippen LogP contribution < -0.4 is 10.3 Å². The van der Waals surface area contributed by atoms with Gasteiger partial charge in [0.05, 0.1) is 16.5 Å². The van der Waals surface area contributed by atoms with Crippen LogP contribution in [0, 0.1) is 11.7 Å². The van der Waals surface area contributed by atoms with Gasteiger partial charge in [0.2, 0.25) is 5.78 Å². The van der Waals surface area contributed by atoms with Gasteiger partial charge in [-0.1, -0.05) is 23.7 Å². The monoisotopic (exact) mass is 526 g/mol. The Morgan fingerprint density at radius 2 is 1.70 bits per heavy atom. The third-order valence-electron chi connectivity index (χ3n) is 7.84. The van der Waals surface area contributed by atoms with Crippen LogP contribution in [0.25, 0.3) is 0 Å². The number of nitrogens with one attached hydrogen (secondary N) is 1. The Labute approximate surface area is 221 Å². The van der Waals surface area contributed by atoms with Gasteiger partial charge in [0, 0.05) is 45.5 Å². The highest BCUT2D eigenvalue weighted by molar-refractivity contribution is 6.39. The van der Waals surface area contributed by atoms with Crippen molar-refractivity contribution in [3.63, 3.8) is 0 Å². The Morgan fingerprint density at radius 1 is 1.03 bits per heavy atom. The number of benzene rings is 2. The van der Waals surface area contributed by atoms with Crippen LogP contribution in [-0.2, 0) is 16.0 Å². The molecule has 0 aromatic heterocycles. The predicted octanol–water partition coefficient (Wildman–Crippen LogP) is 3.80. The van der Waals surface area contributed by atoms with E-state index in [1.807, 2.05) is 29.0 Å². The van der Waals surface area contributed by atoms with Gasteiger partial charge in [-0.25, -0.2) is 9.40 Å². The van der Waals surface area contributed by atoms with Crippen molar-refractivity contribution < 1.29 is 18.8 Å². The topological polar surface area (TPSA) is 73.0 Å². The minimum atomic E-state index is -0.645. The summed E-state index contributed by atoms with van der Waals surface area (Å²) in [5.74, 6) is -1.73. The van der Waals surface area contributed by atoms with Crippen LogP contribution in [0.5, 0.6) is 0 Å². The fraction of sp³-hybridized carbons (Fsp3) is 0.464. The minimum absolute atomic E-state index is 0.157.